The molecule has 2 heterocycles. The van der Waals surface area contributed by atoms with Crippen molar-refractivity contribution in [2.24, 2.45) is 0 Å². The number of pyridine rings is 1. The number of anilines is 1. The second-order valence-corrected chi connectivity index (χ2v) is 7.55. The largest absolute Gasteiger partial charge is 0.416 e. The SMILES string of the molecule is Cc1ncc(C#Cc2cc(C(=S)Nc3cc(C(F)(F)F)ccn3)ccc2C)s1. The second-order valence-electron chi connectivity index (χ2n) is 5.90. The lowest BCUT2D eigenvalue weighted by Gasteiger charge is -2.11. The first-order chi connectivity index (χ1) is 13.2. The Bertz CT molecular complexity index is 1090. The van der Waals surface area contributed by atoms with Gasteiger partial charge in [0, 0.05) is 17.3 Å². The van der Waals surface area contributed by atoms with E-state index in [2.05, 4.69) is 27.1 Å². The summed E-state index contributed by atoms with van der Waals surface area (Å²) in [5.41, 5.74) is 1.61. The molecular weight excluding hydrogens is 403 g/mol. The fourth-order valence-electron chi connectivity index (χ4n) is 2.31. The van der Waals surface area contributed by atoms with Crippen LogP contribution in [0.25, 0.3) is 0 Å². The summed E-state index contributed by atoms with van der Waals surface area (Å²) in [6.07, 6.45) is -1.63. The summed E-state index contributed by atoms with van der Waals surface area (Å²) in [6.45, 7) is 3.84. The average molecular weight is 417 g/mol. The molecule has 0 aliphatic carbocycles. The number of thiazole rings is 1. The van der Waals surface area contributed by atoms with Crippen molar-refractivity contribution in [3.63, 3.8) is 0 Å². The van der Waals surface area contributed by atoms with Crippen LogP contribution < -0.4 is 5.32 Å². The van der Waals surface area contributed by atoms with E-state index in [9.17, 15) is 13.2 Å². The fraction of sp³-hybridized carbons (Fsp3) is 0.150. The Labute approximate surface area is 169 Å². The van der Waals surface area contributed by atoms with Gasteiger partial charge in [0.05, 0.1) is 21.6 Å². The van der Waals surface area contributed by atoms with Gasteiger partial charge >= 0.3 is 6.18 Å². The smallest absolute Gasteiger partial charge is 0.331 e. The van der Waals surface area contributed by atoms with Gasteiger partial charge in [-0.2, -0.15) is 13.2 Å². The third-order valence-electron chi connectivity index (χ3n) is 3.77. The average Bonchev–Trinajstić information content (AvgIpc) is 3.06. The van der Waals surface area contributed by atoms with Crippen molar-refractivity contribution in [3.05, 3.63) is 74.9 Å². The Morgan fingerprint density at radius 3 is 2.57 bits per heavy atom. The molecule has 1 aromatic carbocycles. The number of benzene rings is 1. The van der Waals surface area contributed by atoms with E-state index in [4.69, 9.17) is 12.2 Å². The minimum atomic E-state index is -4.44. The van der Waals surface area contributed by atoms with Crippen LogP contribution in [-0.2, 0) is 6.18 Å². The molecule has 3 rings (SSSR count). The molecule has 28 heavy (non-hydrogen) atoms. The molecule has 0 saturated carbocycles. The summed E-state index contributed by atoms with van der Waals surface area (Å²) in [5, 5.41) is 3.70. The highest BCUT2D eigenvalue weighted by atomic mass is 32.1. The highest BCUT2D eigenvalue weighted by Gasteiger charge is 2.30. The van der Waals surface area contributed by atoms with Crippen molar-refractivity contribution in [1.82, 2.24) is 9.97 Å². The van der Waals surface area contributed by atoms with Crippen molar-refractivity contribution in [2.45, 2.75) is 20.0 Å². The van der Waals surface area contributed by atoms with E-state index in [1.54, 1.807) is 18.3 Å². The number of halogens is 3. The molecule has 0 amide bonds. The van der Waals surface area contributed by atoms with Crippen LogP contribution in [0.3, 0.4) is 0 Å². The Morgan fingerprint density at radius 1 is 1.11 bits per heavy atom. The van der Waals surface area contributed by atoms with Gasteiger partial charge in [0.15, 0.2) is 0 Å². The van der Waals surface area contributed by atoms with E-state index >= 15 is 0 Å². The lowest BCUT2D eigenvalue weighted by Crippen LogP contribution is -2.13. The van der Waals surface area contributed by atoms with E-state index in [1.165, 1.54) is 11.3 Å². The first-order valence-corrected chi connectivity index (χ1v) is 9.34. The number of thiocarbonyl (C=S) groups is 1. The van der Waals surface area contributed by atoms with Crippen molar-refractivity contribution < 1.29 is 13.2 Å². The van der Waals surface area contributed by atoms with Gasteiger partial charge < -0.3 is 5.32 Å². The van der Waals surface area contributed by atoms with Crippen molar-refractivity contribution in [1.29, 1.82) is 0 Å². The minimum absolute atomic E-state index is 0.0353. The maximum atomic E-state index is 12.8. The zero-order valence-corrected chi connectivity index (χ0v) is 16.5. The van der Waals surface area contributed by atoms with Gasteiger partial charge in [-0.3, -0.25) is 0 Å². The van der Waals surface area contributed by atoms with Gasteiger partial charge in [-0.25, -0.2) is 9.97 Å². The van der Waals surface area contributed by atoms with Crippen LogP contribution in [0.2, 0.25) is 0 Å². The quantitative estimate of drug-likeness (QED) is 0.450. The molecule has 0 aliphatic heterocycles. The molecular formula is C20H14F3N3S2. The third-order valence-corrected chi connectivity index (χ3v) is 4.94. The predicted molar refractivity (Wildman–Crippen MR) is 109 cm³/mol. The predicted octanol–water partition coefficient (Wildman–Crippen LogP) is 5.36. The number of alkyl halides is 3. The van der Waals surface area contributed by atoms with Crippen molar-refractivity contribution in [2.75, 3.05) is 5.32 Å². The fourth-order valence-corrected chi connectivity index (χ4v) is 3.17. The summed E-state index contributed by atoms with van der Waals surface area (Å²) >= 11 is 6.84. The van der Waals surface area contributed by atoms with Crippen molar-refractivity contribution in [3.8, 4) is 11.8 Å². The topological polar surface area (TPSA) is 37.8 Å². The lowest BCUT2D eigenvalue weighted by molar-refractivity contribution is -0.137. The van der Waals surface area contributed by atoms with Gasteiger partial charge in [-0.1, -0.05) is 30.3 Å². The summed E-state index contributed by atoms with van der Waals surface area (Å²) in [5.74, 6) is 6.20. The number of aryl methyl sites for hydroxylation is 2. The van der Waals surface area contributed by atoms with E-state index in [-0.39, 0.29) is 10.8 Å². The van der Waals surface area contributed by atoms with Crippen LogP contribution in [0.15, 0.2) is 42.7 Å². The van der Waals surface area contributed by atoms with Crippen LogP contribution >= 0.6 is 23.6 Å². The van der Waals surface area contributed by atoms with Gasteiger partial charge in [0.25, 0.3) is 0 Å². The van der Waals surface area contributed by atoms with Gasteiger partial charge in [-0.15, -0.1) is 11.3 Å². The molecule has 0 atom stereocenters. The first kappa shape index (κ1) is 20.0. The molecule has 0 aliphatic rings. The molecule has 3 nitrogen and oxygen atoms in total. The Balaban J connectivity index is 1.82. The second kappa shape index (κ2) is 8.09. The normalized spacial score (nSPS) is 10.9. The third kappa shape index (κ3) is 4.94. The lowest BCUT2D eigenvalue weighted by atomic mass is 10.1. The van der Waals surface area contributed by atoms with E-state index in [0.717, 1.165) is 39.3 Å². The van der Waals surface area contributed by atoms with Crippen LogP contribution in [0.4, 0.5) is 19.0 Å². The van der Waals surface area contributed by atoms with E-state index in [1.807, 2.05) is 19.9 Å². The van der Waals surface area contributed by atoms with E-state index in [0.29, 0.717) is 5.56 Å². The number of nitrogens with zero attached hydrogens (tertiary/aromatic N) is 2. The van der Waals surface area contributed by atoms with Gasteiger partial charge in [0.1, 0.15) is 10.8 Å². The summed E-state index contributed by atoms with van der Waals surface area (Å²) in [7, 11) is 0. The van der Waals surface area contributed by atoms with Crippen LogP contribution in [0, 0.1) is 25.7 Å². The molecule has 0 bridgehead atoms. The summed E-state index contributed by atoms with van der Waals surface area (Å²) in [4.78, 5) is 9.20. The zero-order chi connectivity index (χ0) is 20.3. The number of rotatable bonds is 2. The Kier molecular flexibility index (Phi) is 5.77. The molecule has 0 unspecified atom stereocenters. The molecule has 0 saturated heterocycles. The molecule has 0 spiro atoms. The maximum absolute atomic E-state index is 12.8. The number of nitrogens with one attached hydrogen (secondary N) is 1. The highest BCUT2D eigenvalue weighted by molar-refractivity contribution is 7.81. The van der Waals surface area contributed by atoms with E-state index < -0.39 is 11.7 Å². The maximum Gasteiger partial charge on any atom is 0.416 e. The monoisotopic (exact) mass is 417 g/mol. The summed E-state index contributed by atoms with van der Waals surface area (Å²) in [6, 6.07) is 7.30. The van der Waals surface area contributed by atoms with Gasteiger partial charge in [0.2, 0.25) is 0 Å². The van der Waals surface area contributed by atoms with Crippen LogP contribution in [-0.4, -0.2) is 15.0 Å². The van der Waals surface area contributed by atoms with Crippen LogP contribution in [0.1, 0.15) is 32.1 Å². The number of aromatic nitrogens is 2. The van der Waals surface area contributed by atoms with Crippen molar-refractivity contribution >= 4 is 34.4 Å². The number of hydrogen-bond donors (Lipinski definition) is 1. The minimum Gasteiger partial charge on any atom is -0.331 e. The molecule has 8 heteroatoms. The van der Waals surface area contributed by atoms with Gasteiger partial charge in [-0.05, 0) is 43.5 Å². The number of hydrogen-bond acceptors (Lipinski definition) is 4. The zero-order valence-electron chi connectivity index (χ0n) is 14.9. The van der Waals surface area contributed by atoms with Crippen LogP contribution in [0.5, 0.6) is 0 Å². The summed E-state index contributed by atoms with van der Waals surface area (Å²) < 4.78 is 38.5. The Hall–Kier alpha value is -2.76. The molecule has 0 radical (unpaired) electrons. The molecule has 142 valence electrons. The molecule has 0 fully saturated rings. The Morgan fingerprint density at radius 2 is 1.89 bits per heavy atom. The highest BCUT2D eigenvalue weighted by Crippen LogP contribution is 2.30. The molecule has 2 aromatic heterocycles. The first-order valence-electron chi connectivity index (χ1n) is 8.12. The molecule has 3 aromatic rings. The standard InChI is InChI=1S/C20H14F3N3S2/c1-12-3-4-15(9-14(12)5-6-17-11-25-13(2)28-17)19(27)26-18-10-16(7-8-24-18)20(21,22)23/h3-4,7-11H,1-2H3,(H,24,26,27). The molecule has 1 N–H and O–H groups in total.